The zero-order valence-corrected chi connectivity index (χ0v) is 7.31. The molecule has 1 fully saturated rings. The quantitative estimate of drug-likeness (QED) is 0.625. The van der Waals surface area contributed by atoms with Gasteiger partial charge in [0.1, 0.15) is 0 Å². The van der Waals surface area contributed by atoms with Crippen LogP contribution < -0.4 is 0 Å². The van der Waals surface area contributed by atoms with Gasteiger partial charge >= 0.3 is 0 Å². The predicted molar refractivity (Wildman–Crippen MR) is 40.0 cm³/mol. The summed E-state index contributed by atoms with van der Waals surface area (Å²) in [5.74, 6) is -0.454. The molecular formula is C7H12ClFO2. The number of hydrogen-bond donors (Lipinski definition) is 1. The Balaban J connectivity index is 2.71. The molecule has 0 aromatic rings. The van der Waals surface area contributed by atoms with Crippen LogP contribution in [0.15, 0.2) is 0 Å². The largest absolute Gasteiger partial charge is 0.364 e. The van der Waals surface area contributed by atoms with Crippen molar-refractivity contribution in [1.82, 2.24) is 0 Å². The fraction of sp³-hybridized carbons (Fsp3) is 1.00. The van der Waals surface area contributed by atoms with Crippen LogP contribution in [0.1, 0.15) is 20.3 Å². The number of hydrogen-bond acceptors (Lipinski definition) is 2. The van der Waals surface area contributed by atoms with E-state index in [-0.39, 0.29) is 6.10 Å². The molecule has 1 heterocycles. The molecule has 0 aromatic carbocycles. The van der Waals surface area contributed by atoms with Crippen LogP contribution >= 0.6 is 11.6 Å². The predicted octanol–water partition coefficient (Wildman–Crippen LogP) is 1.65. The molecule has 4 atom stereocenters. The van der Waals surface area contributed by atoms with Gasteiger partial charge in [-0.3, -0.25) is 0 Å². The number of halogens is 2. The van der Waals surface area contributed by atoms with Crippen molar-refractivity contribution < 1.29 is 14.2 Å². The number of aliphatic hydroxyl groups excluding tert-OH is 1. The van der Waals surface area contributed by atoms with E-state index in [1.165, 1.54) is 0 Å². The Morgan fingerprint density at radius 1 is 1.73 bits per heavy atom. The van der Waals surface area contributed by atoms with Crippen molar-refractivity contribution in [1.29, 1.82) is 0 Å². The van der Waals surface area contributed by atoms with Crippen molar-refractivity contribution in [2.45, 2.75) is 37.8 Å². The van der Waals surface area contributed by atoms with E-state index < -0.39 is 17.3 Å². The van der Waals surface area contributed by atoms with Crippen LogP contribution in [0.5, 0.6) is 0 Å². The van der Waals surface area contributed by atoms with Gasteiger partial charge < -0.3 is 9.84 Å². The van der Waals surface area contributed by atoms with E-state index in [2.05, 4.69) is 0 Å². The van der Waals surface area contributed by atoms with E-state index in [0.29, 0.717) is 6.42 Å². The van der Waals surface area contributed by atoms with Gasteiger partial charge in [-0.1, -0.05) is 25.4 Å². The van der Waals surface area contributed by atoms with Crippen LogP contribution in [0, 0.1) is 5.92 Å². The molecule has 11 heavy (non-hydrogen) atoms. The highest BCUT2D eigenvalue weighted by Crippen LogP contribution is 2.42. The van der Waals surface area contributed by atoms with Crippen molar-refractivity contribution in [2.24, 2.45) is 5.92 Å². The van der Waals surface area contributed by atoms with Crippen LogP contribution in [0.3, 0.4) is 0 Å². The second-order valence-electron chi connectivity index (χ2n) is 2.90. The van der Waals surface area contributed by atoms with Crippen molar-refractivity contribution in [3.63, 3.8) is 0 Å². The minimum atomic E-state index is -2.11. The Hall–Kier alpha value is 0.140. The van der Waals surface area contributed by atoms with Gasteiger partial charge in [0.15, 0.2) is 0 Å². The van der Waals surface area contributed by atoms with Gasteiger partial charge in [-0.05, 0) is 6.42 Å². The first-order valence-electron chi connectivity index (χ1n) is 3.71. The van der Waals surface area contributed by atoms with Gasteiger partial charge in [0.25, 0.3) is 0 Å². The number of ether oxygens (including phenoxy) is 1. The lowest BCUT2D eigenvalue weighted by Crippen LogP contribution is -2.32. The zero-order chi connectivity index (χ0) is 8.65. The van der Waals surface area contributed by atoms with Crippen molar-refractivity contribution >= 4 is 11.6 Å². The molecule has 0 aliphatic carbocycles. The lowest BCUT2D eigenvalue weighted by Gasteiger charge is -2.18. The second kappa shape index (κ2) is 2.88. The molecule has 4 heteroatoms. The fourth-order valence-corrected chi connectivity index (χ4v) is 1.49. The fourth-order valence-electron chi connectivity index (χ4n) is 1.30. The molecule has 1 aliphatic rings. The highest BCUT2D eigenvalue weighted by atomic mass is 35.5. The molecule has 2 nitrogen and oxygen atoms in total. The highest BCUT2D eigenvalue weighted by molar-refractivity contribution is 6.23. The first kappa shape index (κ1) is 9.23. The smallest absolute Gasteiger partial charge is 0.238 e. The van der Waals surface area contributed by atoms with Gasteiger partial charge in [0.05, 0.1) is 6.10 Å². The molecule has 1 saturated heterocycles. The molecule has 1 N–H and O–H groups in total. The van der Waals surface area contributed by atoms with Gasteiger partial charge in [-0.2, -0.15) is 0 Å². The molecule has 0 amide bonds. The SMILES string of the molecule is CCC1OC(O)C(F)(Cl)C1C. The number of aliphatic hydroxyl groups is 1. The van der Waals surface area contributed by atoms with Crippen LogP contribution in [0.2, 0.25) is 0 Å². The summed E-state index contributed by atoms with van der Waals surface area (Å²) in [7, 11) is 0. The van der Waals surface area contributed by atoms with E-state index in [1.54, 1.807) is 6.92 Å². The molecule has 0 radical (unpaired) electrons. The Morgan fingerprint density at radius 2 is 2.27 bits per heavy atom. The van der Waals surface area contributed by atoms with Crippen LogP contribution in [-0.2, 0) is 4.74 Å². The average molecular weight is 183 g/mol. The van der Waals surface area contributed by atoms with Crippen LogP contribution in [0.4, 0.5) is 4.39 Å². The molecular weight excluding hydrogens is 171 g/mol. The summed E-state index contributed by atoms with van der Waals surface area (Å²) in [6.07, 6.45) is -1.09. The normalized spacial score (nSPS) is 51.5. The summed E-state index contributed by atoms with van der Waals surface area (Å²) in [6, 6.07) is 0. The molecule has 66 valence electrons. The third kappa shape index (κ3) is 1.37. The van der Waals surface area contributed by atoms with Gasteiger partial charge in [0.2, 0.25) is 11.4 Å². The monoisotopic (exact) mass is 182 g/mol. The molecule has 1 aliphatic heterocycles. The summed E-state index contributed by atoms with van der Waals surface area (Å²) in [6.45, 7) is 3.50. The number of alkyl halides is 2. The average Bonchev–Trinajstić information content (AvgIpc) is 2.14. The van der Waals surface area contributed by atoms with Crippen molar-refractivity contribution in [3.8, 4) is 0 Å². The maximum absolute atomic E-state index is 13.2. The molecule has 0 aromatic heterocycles. The Bertz CT molecular complexity index is 151. The van der Waals surface area contributed by atoms with E-state index in [0.717, 1.165) is 0 Å². The van der Waals surface area contributed by atoms with E-state index >= 15 is 0 Å². The lowest BCUT2D eigenvalue weighted by atomic mass is 10.00. The summed E-state index contributed by atoms with van der Waals surface area (Å²) in [5.41, 5.74) is 0. The molecule has 0 saturated carbocycles. The summed E-state index contributed by atoms with van der Waals surface area (Å²) in [4.78, 5) is 0. The maximum atomic E-state index is 13.2. The third-order valence-corrected chi connectivity index (χ3v) is 2.73. The molecule has 0 spiro atoms. The number of rotatable bonds is 1. The van der Waals surface area contributed by atoms with Crippen LogP contribution in [0.25, 0.3) is 0 Å². The van der Waals surface area contributed by atoms with Crippen LogP contribution in [-0.4, -0.2) is 22.6 Å². The Morgan fingerprint density at radius 3 is 2.45 bits per heavy atom. The van der Waals surface area contributed by atoms with E-state index in [1.807, 2.05) is 6.92 Å². The van der Waals surface area contributed by atoms with Gasteiger partial charge in [-0.25, -0.2) is 4.39 Å². The first-order valence-corrected chi connectivity index (χ1v) is 4.09. The first-order chi connectivity index (χ1) is 5.00. The summed E-state index contributed by atoms with van der Waals surface area (Å²) in [5, 5.41) is 6.89. The minimum absolute atomic E-state index is 0.271. The Labute approximate surface area is 70.3 Å². The minimum Gasteiger partial charge on any atom is -0.364 e. The van der Waals surface area contributed by atoms with Crippen molar-refractivity contribution in [2.75, 3.05) is 0 Å². The molecule has 1 rings (SSSR count). The van der Waals surface area contributed by atoms with Gasteiger partial charge in [-0.15, -0.1) is 0 Å². The zero-order valence-electron chi connectivity index (χ0n) is 6.55. The Kier molecular flexibility index (Phi) is 2.42. The maximum Gasteiger partial charge on any atom is 0.238 e. The molecule has 0 bridgehead atoms. The van der Waals surface area contributed by atoms with E-state index in [4.69, 9.17) is 21.4 Å². The van der Waals surface area contributed by atoms with Gasteiger partial charge in [0, 0.05) is 5.92 Å². The standard InChI is InChI=1S/C7H12ClFO2/c1-3-5-4(2)7(8,9)6(10)11-5/h4-6,10H,3H2,1-2H3. The summed E-state index contributed by atoms with van der Waals surface area (Å²) < 4.78 is 18.1. The second-order valence-corrected chi connectivity index (χ2v) is 3.48. The lowest BCUT2D eigenvalue weighted by molar-refractivity contribution is -0.121. The van der Waals surface area contributed by atoms with E-state index in [9.17, 15) is 4.39 Å². The third-order valence-electron chi connectivity index (χ3n) is 2.20. The highest BCUT2D eigenvalue weighted by Gasteiger charge is 2.53. The summed E-state index contributed by atoms with van der Waals surface area (Å²) >= 11 is 5.40. The van der Waals surface area contributed by atoms with Crippen molar-refractivity contribution in [3.05, 3.63) is 0 Å². The topological polar surface area (TPSA) is 29.5 Å². The molecule has 4 unspecified atom stereocenters.